The molecule has 2 amide bonds. The summed E-state index contributed by atoms with van der Waals surface area (Å²) in [6.07, 6.45) is 1.70. The van der Waals surface area contributed by atoms with E-state index >= 15 is 0 Å². The molecule has 0 saturated carbocycles. The SMILES string of the molecule is CC(C)[Si](OC1=C[C@@H](c2ccccc2[N+](=O)[O-])[C@@H]2C(=O)c3ccccc3C(=O)[C@@H]2[C@H]1N1C(=O)c2ccccc2C1=O)(C(C)C)C(C)C. The standard InChI is InChI=1S/C37H38N2O7Si/c1-20(2)47(21(3)4,22(5)6)46-30-19-28(23-13-11-12-18-29(23)39(44)45)31-32(35(41)25-15-8-7-14-24(25)34(31)40)33(30)38-36(42)26-16-9-10-17-27(26)37(38)43/h7-22,28,31-33H,1-6H3/t28-,31-,32-,33-/m0/s1. The second kappa shape index (κ2) is 11.8. The van der Waals surface area contributed by atoms with E-state index < -0.39 is 54.6 Å². The third kappa shape index (κ3) is 4.80. The van der Waals surface area contributed by atoms with Crippen LogP contribution in [0.25, 0.3) is 0 Å². The Bertz CT molecular complexity index is 1810. The fraction of sp³-hybridized carbons (Fsp3) is 0.351. The van der Waals surface area contributed by atoms with Crippen LogP contribution in [0.3, 0.4) is 0 Å². The van der Waals surface area contributed by atoms with E-state index in [2.05, 4.69) is 41.5 Å². The maximum absolute atomic E-state index is 14.8. The van der Waals surface area contributed by atoms with Gasteiger partial charge < -0.3 is 4.43 Å². The smallest absolute Gasteiger partial charge is 0.273 e. The second-order valence-corrected chi connectivity index (χ2v) is 19.0. The Morgan fingerprint density at radius 3 is 1.62 bits per heavy atom. The van der Waals surface area contributed by atoms with Crippen molar-refractivity contribution in [3.63, 3.8) is 0 Å². The lowest BCUT2D eigenvalue weighted by Crippen LogP contribution is -2.59. The molecule has 3 aromatic carbocycles. The summed E-state index contributed by atoms with van der Waals surface area (Å²) in [6, 6.07) is 18.0. The van der Waals surface area contributed by atoms with Gasteiger partial charge in [0.15, 0.2) is 11.6 Å². The number of imide groups is 1. The summed E-state index contributed by atoms with van der Waals surface area (Å²) in [4.78, 5) is 70.6. The van der Waals surface area contributed by atoms with E-state index in [0.717, 1.165) is 4.90 Å². The Kier molecular flexibility index (Phi) is 8.11. The predicted octanol–water partition coefficient (Wildman–Crippen LogP) is 7.74. The summed E-state index contributed by atoms with van der Waals surface area (Å²) in [5, 5.41) is 12.3. The van der Waals surface area contributed by atoms with Gasteiger partial charge >= 0.3 is 0 Å². The maximum atomic E-state index is 14.8. The Labute approximate surface area is 274 Å². The van der Waals surface area contributed by atoms with Crippen LogP contribution in [0.1, 0.15) is 94.5 Å². The monoisotopic (exact) mass is 650 g/mol. The highest BCUT2D eigenvalue weighted by molar-refractivity contribution is 6.77. The molecule has 1 heterocycles. The average molecular weight is 651 g/mol. The molecule has 0 fully saturated rings. The first-order valence-electron chi connectivity index (χ1n) is 16.1. The number of carbonyl (C=O) groups excluding carboxylic acids is 4. The van der Waals surface area contributed by atoms with E-state index in [-0.39, 0.29) is 61.7 Å². The van der Waals surface area contributed by atoms with E-state index in [1.807, 2.05) is 0 Å². The lowest BCUT2D eigenvalue weighted by molar-refractivity contribution is -0.385. The number of hydrogen-bond donors (Lipinski definition) is 0. The molecule has 3 aliphatic rings. The van der Waals surface area contributed by atoms with E-state index in [0.29, 0.717) is 0 Å². The molecule has 10 heteroatoms. The molecular weight excluding hydrogens is 613 g/mol. The summed E-state index contributed by atoms with van der Waals surface area (Å²) in [5.41, 5.74) is 1.16. The molecule has 3 aromatic rings. The van der Waals surface area contributed by atoms with Gasteiger partial charge in [0, 0.05) is 34.6 Å². The molecule has 0 spiro atoms. The number of Topliss-reactive ketones (excluding diaryl/α,β-unsaturated/α-hetero) is 2. The molecule has 0 unspecified atom stereocenters. The van der Waals surface area contributed by atoms with Gasteiger partial charge in [-0.2, -0.15) is 0 Å². The van der Waals surface area contributed by atoms with Crippen LogP contribution in [0, 0.1) is 22.0 Å². The van der Waals surface area contributed by atoms with Gasteiger partial charge in [-0.25, -0.2) is 0 Å². The Balaban J connectivity index is 1.68. The summed E-state index contributed by atoms with van der Waals surface area (Å²) < 4.78 is 7.28. The Morgan fingerprint density at radius 1 is 0.681 bits per heavy atom. The van der Waals surface area contributed by atoms with Crippen LogP contribution in [-0.4, -0.2) is 47.6 Å². The lowest BCUT2D eigenvalue weighted by Gasteiger charge is -2.50. The molecule has 0 bridgehead atoms. The number of allylic oxidation sites excluding steroid dienone is 1. The van der Waals surface area contributed by atoms with Crippen LogP contribution in [-0.2, 0) is 4.43 Å². The summed E-state index contributed by atoms with van der Waals surface area (Å²) in [7, 11) is -2.81. The molecule has 242 valence electrons. The fourth-order valence-corrected chi connectivity index (χ4v) is 13.8. The van der Waals surface area contributed by atoms with Crippen LogP contribution in [0.5, 0.6) is 0 Å². The normalized spacial score (nSPS) is 22.4. The number of ketones is 2. The van der Waals surface area contributed by atoms with Gasteiger partial charge in [-0.3, -0.25) is 34.2 Å². The number of benzene rings is 3. The van der Waals surface area contributed by atoms with Crippen molar-refractivity contribution in [2.45, 2.75) is 70.1 Å². The van der Waals surface area contributed by atoms with Crippen molar-refractivity contribution in [1.29, 1.82) is 0 Å². The van der Waals surface area contributed by atoms with Crippen molar-refractivity contribution < 1.29 is 28.5 Å². The minimum absolute atomic E-state index is 0.0814. The predicted molar refractivity (Wildman–Crippen MR) is 179 cm³/mol. The number of fused-ring (bicyclic) bond motifs is 3. The molecule has 0 radical (unpaired) electrons. The van der Waals surface area contributed by atoms with Gasteiger partial charge in [0.2, 0.25) is 0 Å². The minimum Gasteiger partial charge on any atom is -0.544 e. The van der Waals surface area contributed by atoms with Gasteiger partial charge in [-0.05, 0) is 34.8 Å². The molecule has 0 aromatic heterocycles. The quantitative estimate of drug-likeness (QED) is 0.106. The van der Waals surface area contributed by atoms with Crippen molar-refractivity contribution in [1.82, 2.24) is 4.90 Å². The minimum atomic E-state index is -2.81. The van der Waals surface area contributed by atoms with Crippen molar-refractivity contribution in [2.24, 2.45) is 11.8 Å². The van der Waals surface area contributed by atoms with Crippen LogP contribution in [0.4, 0.5) is 5.69 Å². The van der Waals surface area contributed by atoms with Crippen molar-refractivity contribution in [3.8, 4) is 0 Å². The van der Waals surface area contributed by atoms with Gasteiger partial charge in [-0.15, -0.1) is 0 Å². The maximum Gasteiger partial charge on any atom is 0.273 e. The first kappa shape index (κ1) is 32.2. The van der Waals surface area contributed by atoms with E-state index in [1.54, 1.807) is 72.8 Å². The molecule has 4 atom stereocenters. The molecule has 9 nitrogen and oxygen atoms in total. The zero-order chi connectivity index (χ0) is 33.9. The molecule has 1 aliphatic heterocycles. The topological polar surface area (TPSA) is 124 Å². The molecule has 47 heavy (non-hydrogen) atoms. The number of carbonyl (C=O) groups is 4. The molecular formula is C37H38N2O7Si. The lowest BCUT2D eigenvalue weighted by atomic mass is 9.61. The average Bonchev–Trinajstić information content (AvgIpc) is 3.30. The van der Waals surface area contributed by atoms with Gasteiger partial charge in [0.1, 0.15) is 6.04 Å². The van der Waals surface area contributed by atoms with Gasteiger partial charge in [0.05, 0.1) is 27.7 Å². The van der Waals surface area contributed by atoms with Crippen LogP contribution < -0.4 is 0 Å². The van der Waals surface area contributed by atoms with Crippen LogP contribution in [0.2, 0.25) is 16.6 Å². The van der Waals surface area contributed by atoms with Gasteiger partial charge in [0.25, 0.3) is 25.8 Å². The number of hydrogen-bond acceptors (Lipinski definition) is 7. The van der Waals surface area contributed by atoms with Crippen molar-refractivity contribution in [3.05, 3.63) is 123 Å². The Morgan fingerprint density at radius 2 is 1.13 bits per heavy atom. The summed E-state index contributed by atoms with van der Waals surface area (Å²) in [5.74, 6) is -4.98. The van der Waals surface area contributed by atoms with Crippen LogP contribution in [0.15, 0.2) is 84.6 Å². The first-order valence-corrected chi connectivity index (χ1v) is 18.2. The highest BCUT2D eigenvalue weighted by atomic mass is 28.4. The summed E-state index contributed by atoms with van der Waals surface area (Å²) >= 11 is 0. The number of para-hydroxylation sites is 1. The van der Waals surface area contributed by atoms with E-state index in [1.165, 1.54) is 6.07 Å². The highest BCUT2D eigenvalue weighted by Crippen LogP contribution is 2.53. The van der Waals surface area contributed by atoms with Crippen molar-refractivity contribution in [2.75, 3.05) is 0 Å². The first-order chi connectivity index (χ1) is 22.3. The number of nitrogens with zero attached hydrogens (tertiary/aromatic N) is 2. The number of amides is 2. The third-order valence-corrected chi connectivity index (χ3v) is 16.4. The van der Waals surface area contributed by atoms with Gasteiger partial charge in [-0.1, -0.05) is 96.1 Å². The molecule has 2 aliphatic carbocycles. The Hall–Kier alpha value is -4.70. The zero-order valence-electron chi connectivity index (χ0n) is 27.3. The third-order valence-electron chi connectivity index (χ3n) is 10.4. The van der Waals surface area contributed by atoms with Crippen molar-refractivity contribution >= 4 is 37.4 Å². The second-order valence-electron chi connectivity index (χ2n) is 13.6. The van der Waals surface area contributed by atoms with E-state index in [4.69, 9.17) is 4.43 Å². The highest BCUT2D eigenvalue weighted by Gasteiger charge is 2.59. The van der Waals surface area contributed by atoms with E-state index in [9.17, 15) is 29.3 Å². The number of nitro benzene ring substituents is 1. The zero-order valence-corrected chi connectivity index (χ0v) is 28.3. The fourth-order valence-electron chi connectivity index (χ4n) is 8.50. The largest absolute Gasteiger partial charge is 0.544 e. The summed E-state index contributed by atoms with van der Waals surface area (Å²) in [6.45, 7) is 12.6. The molecule has 0 N–H and O–H groups in total. The number of rotatable bonds is 8. The van der Waals surface area contributed by atoms with Crippen LogP contribution >= 0.6 is 0 Å². The molecule has 6 rings (SSSR count). The molecule has 0 saturated heterocycles. The number of nitro groups is 1.